The average molecular weight is 315 g/mol. The SMILES string of the molecule is N#CC1(c2ccc(Cl)cc2)OC1(C#N)c1ccc(Cl)cc1. The fourth-order valence-corrected chi connectivity index (χ4v) is 2.68. The Bertz CT molecular complexity index is 706. The highest BCUT2D eigenvalue weighted by molar-refractivity contribution is 6.30. The summed E-state index contributed by atoms with van der Waals surface area (Å²) in [5, 5.41) is 20.3. The number of epoxide rings is 1. The minimum absolute atomic E-state index is 0.557. The number of rotatable bonds is 2. The van der Waals surface area contributed by atoms with Crippen molar-refractivity contribution in [2.45, 2.75) is 11.2 Å². The Morgan fingerprint density at radius 1 is 0.714 bits per heavy atom. The molecule has 5 heteroatoms. The maximum Gasteiger partial charge on any atom is 0.228 e. The minimum Gasteiger partial charge on any atom is -0.321 e. The van der Waals surface area contributed by atoms with Gasteiger partial charge in [-0.15, -0.1) is 0 Å². The zero-order chi connectivity index (χ0) is 15.1. The van der Waals surface area contributed by atoms with Crippen LogP contribution < -0.4 is 0 Å². The third-order valence-corrected chi connectivity index (χ3v) is 4.08. The number of halogens is 2. The molecule has 0 aliphatic carbocycles. The molecule has 3 rings (SSSR count). The fourth-order valence-electron chi connectivity index (χ4n) is 2.43. The van der Waals surface area contributed by atoms with Crippen LogP contribution in [0.2, 0.25) is 10.0 Å². The highest BCUT2D eigenvalue weighted by Crippen LogP contribution is 2.61. The molecule has 102 valence electrons. The quantitative estimate of drug-likeness (QED) is 0.782. The lowest BCUT2D eigenvalue weighted by molar-refractivity contribution is 0.314. The maximum absolute atomic E-state index is 9.58. The van der Waals surface area contributed by atoms with Crippen LogP contribution in [0.4, 0.5) is 0 Å². The third kappa shape index (κ3) is 1.91. The van der Waals surface area contributed by atoms with Gasteiger partial charge in [0.1, 0.15) is 12.1 Å². The van der Waals surface area contributed by atoms with E-state index in [1.165, 1.54) is 0 Å². The van der Waals surface area contributed by atoms with Gasteiger partial charge in [-0.2, -0.15) is 10.5 Å². The molecule has 1 fully saturated rings. The summed E-state index contributed by atoms with van der Waals surface area (Å²) < 4.78 is 5.63. The molecule has 21 heavy (non-hydrogen) atoms. The van der Waals surface area contributed by atoms with Crippen molar-refractivity contribution in [1.82, 2.24) is 0 Å². The van der Waals surface area contributed by atoms with E-state index in [9.17, 15) is 10.5 Å². The summed E-state index contributed by atoms with van der Waals surface area (Å²) in [7, 11) is 0. The highest BCUT2D eigenvalue weighted by atomic mass is 35.5. The minimum atomic E-state index is -1.32. The number of nitriles is 2. The van der Waals surface area contributed by atoms with E-state index in [0.29, 0.717) is 21.2 Å². The van der Waals surface area contributed by atoms with Crippen molar-refractivity contribution in [1.29, 1.82) is 10.5 Å². The lowest BCUT2D eigenvalue weighted by Gasteiger charge is -2.09. The van der Waals surface area contributed by atoms with Crippen LogP contribution in [0.5, 0.6) is 0 Å². The van der Waals surface area contributed by atoms with Crippen molar-refractivity contribution >= 4 is 23.2 Å². The first-order valence-electron chi connectivity index (χ1n) is 6.13. The lowest BCUT2D eigenvalue weighted by atomic mass is 9.83. The molecular weight excluding hydrogens is 307 g/mol. The monoisotopic (exact) mass is 314 g/mol. The normalized spacial score (nSPS) is 26.7. The second kappa shape index (κ2) is 4.76. The summed E-state index contributed by atoms with van der Waals surface area (Å²) in [4.78, 5) is 0. The molecule has 1 aliphatic rings. The maximum atomic E-state index is 9.58. The van der Waals surface area contributed by atoms with Crippen molar-refractivity contribution in [2.75, 3.05) is 0 Å². The summed E-state index contributed by atoms with van der Waals surface area (Å²) in [5.74, 6) is 0. The van der Waals surface area contributed by atoms with Gasteiger partial charge in [-0.05, 0) is 24.3 Å². The molecule has 0 aromatic heterocycles. The molecule has 0 saturated carbocycles. The fraction of sp³-hybridized carbons (Fsp3) is 0.125. The Morgan fingerprint density at radius 3 is 1.33 bits per heavy atom. The molecule has 2 atom stereocenters. The van der Waals surface area contributed by atoms with E-state index in [0.717, 1.165) is 0 Å². The Hall–Kier alpha value is -2.04. The predicted molar refractivity (Wildman–Crippen MR) is 78.6 cm³/mol. The summed E-state index contributed by atoms with van der Waals surface area (Å²) >= 11 is 11.7. The van der Waals surface area contributed by atoms with E-state index in [-0.39, 0.29) is 0 Å². The first-order chi connectivity index (χ1) is 10.1. The first kappa shape index (κ1) is 13.9. The van der Waals surface area contributed by atoms with E-state index in [2.05, 4.69) is 12.1 Å². The van der Waals surface area contributed by atoms with Crippen molar-refractivity contribution < 1.29 is 4.74 Å². The van der Waals surface area contributed by atoms with E-state index < -0.39 is 11.2 Å². The predicted octanol–water partition coefficient (Wildman–Crippen LogP) is 4.16. The number of hydrogen-bond acceptors (Lipinski definition) is 3. The summed E-state index contributed by atoms with van der Waals surface area (Å²) in [6.45, 7) is 0. The molecule has 1 saturated heterocycles. The summed E-state index contributed by atoms with van der Waals surface area (Å²) in [6.07, 6.45) is 0. The Labute approximate surface area is 131 Å². The molecule has 1 heterocycles. The second-order valence-corrected chi connectivity index (χ2v) is 5.57. The Kier molecular flexibility index (Phi) is 3.15. The van der Waals surface area contributed by atoms with Crippen LogP contribution in [0.15, 0.2) is 48.5 Å². The van der Waals surface area contributed by atoms with Crippen LogP contribution in [-0.2, 0) is 15.9 Å². The van der Waals surface area contributed by atoms with Crippen molar-refractivity contribution in [2.24, 2.45) is 0 Å². The molecule has 3 nitrogen and oxygen atoms in total. The Morgan fingerprint density at radius 2 is 1.05 bits per heavy atom. The molecule has 0 radical (unpaired) electrons. The van der Waals surface area contributed by atoms with Crippen LogP contribution in [0.1, 0.15) is 11.1 Å². The average Bonchev–Trinajstić information content (AvgIpc) is 3.19. The number of nitrogens with zero attached hydrogens (tertiary/aromatic N) is 2. The van der Waals surface area contributed by atoms with Gasteiger partial charge in [-0.25, -0.2) is 0 Å². The molecule has 0 amide bonds. The van der Waals surface area contributed by atoms with Gasteiger partial charge in [0.25, 0.3) is 0 Å². The standard InChI is InChI=1S/C16H8Cl2N2O/c17-13-5-1-11(2-6-13)15(9-19)16(10-20,21-15)12-3-7-14(18)8-4-12/h1-8H. The van der Waals surface area contributed by atoms with Gasteiger partial charge in [-0.1, -0.05) is 47.5 Å². The van der Waals surface area contributed by atoms with Crippen molar-refractivity contribution in [3.63, 3.8) is 0 Å². The zero-order valence-electron chi connectivity index (χ0n) is 10.7. The van der Waals surface area contributed by atoms with Gasteiger partial charge in [0, 0.05) is 21.2 Å². The van der Waals surface area contributed by atoms with Crippen molar-refractivity contribution in [3.8, 4) is 12.1 Å². The van der Waals surface area contributed by atoms with Gasteiger partial charge in [0.05, 0.1) is 0 Å². The van der Waals surface area contributed by atoms with Crippen LogP contribution >= 0.6 is 23.2 Å². The van der Waals surface area contributed by atoms with Gasteiger partial charge >= 0.3 is 0 Å². The van der Waals surface area contributed by atoms with Gasteiger partial charge < -0.3 is 4.74 Å². The number of hydrogen-bond donors (Lipinski definition) is 0. The lowest BCUT2D eigenvalue weighted by Crippen LogP contribution is -2.19. The summed E-state index contributed by atoms with van der Waals surface area (Å²) in [6, 6.07) is 17.7. The van der Waals surface area contributed by atoms with E-state index in [1.54, 1.807) is 48.5 Å². The van der Waals surface area contributed by atoms with Crippen LogP contribution in [-0.4, -0.2) is 0 Å². The molecule has 2 unspecified atom stereocenters. The zero-order valence-corrected chi connectivity index (χ0v) is 12.2. The van der Waals surface area contributed by atoms with E-state index in [4.69, 9.17) is 27.9 Å². The molecule has 1 aliphatic heterocycles. The van der Waals surface area contributed by atoms with Gasteiger partial charge in [0.15, 0.2) is 0 Å². The van der Waals surface area contributed by atoms with Crippen molar-refractivity contribution in [3.05, 3.63) is 69.7 Å². The molecule has 0 bridgehead atoms. The topological polar surface area (TPSA) is 60.1 Å². The Balaban J connectivity index is 2.11. The number of benzene rings is 2. The molecular formula is C16H8Cl2N2O. The second-order valence-electron chi connectivity index (χ2n) is 4.70. The highest BCUT2D eigenvalue weighted by Gasteiger charge is 2.74. The largest absolute Gasteiger partial charge is 0.321 e. The molecule has 2 aromatic carbocycles. The smallest absolute Gasteiger partial charge is 0.228 e. The molecule has 2 aromatic rings. The van der Waals surface area contributed by atoms with E-state index in [1.807, 2.05) is 0 Å². The first-order valence-corrected chi connectivity index (χ1v) is 6.88. The van der Waals surface area contributed by atoms with Crippen LogP contribution in [0.25, 0.3) is 0 Å². The third-order valence-electron chi connectivity index (χ3n) is 3.58. The van der Waals surface area contributed by atoms with Gasteiger partial charge in [0.2, 0.25) is 11.2 Å². The number of ether oxygens (including phenoxy) is 1. The van der Waals surface area contributed by atoms with Gasteiger partial charge in [-0.3, -0.25) is 0 Å². The molecule has 0 N–H and O–H groups in total. The van der Waals surface area contributed by atoms with E-state index >= 15 is 0 Å². The van der Waals surface area contributed by atoms with Crippen LogP contribution in [0, 0.1) is 22.7 Å². The summed E-state index contributed by atoms with van der Waals surface area (Å²) in [5.41, 5.74) is -1.43. The van der Waals surface area contributed by atoms with Crippen LogP contribution in [0.3, 0.4) is 0 Å². The molecule has 0 spiro atoms.